The van der Waals surface area contributed by atoms with Crippen LogP contribution in [0.15, 0.2) is 0 Å². The standard InChI is InChI=1S/C12H27N3O/c1-12(10-13-11-12)16-9-8-15(4)7-5-6-14(2)3/h13H,5-11H2,1-4H3. The first-order valence-corrected chi connectivity index (χ1v) is 6.20. The van der Waals surface area contributed by atoms with Crippen LogP contribution in [0.3, 0.4) is 0 Å². The highest BCUT2D eigenvalue weighted by Gasteiger charge is 2.32. The van der Waals surface area contributed by atoms with E-state index in [0.717, 1.165) is 39.3 Å². The van der Waals surface area contributed by atoms with Crippen LogP contribution in [0.2, 0.25) is 0 Å². The Morgan fingerprint density at radius 1 is 1.12 bits per heavy atom. The first-order valence-electron chi connectivity index (χ1n) is 6.20. The van der Waals surface area contributed by atoms with Crippen LogP contribution in [-0.2, 0) is 4.74 Å². The van der Waals surface area contributed by atoms with Gasteiger partial charge in [0.1, 0.15) is 0 Å². The summed E-state index contributed by atoms with van der Waals surface area (Å²) in [6.07, 6.45) is 1.22. The second-order valence-electron chi connectivity index (χ2n) is 5.36. The van der Waals surface area contributed by atoms with Gasteiger partial charge in [0.25, 0.3) is 0 Å². The van der Waals surface area contributed by atoms with Crippen molar-refractivity contribution in [3.05, 3.63) is 0 Å². The Bertz CT molecular complexity index is 193. The predicted molar refractivity (Wildman–Crippen MR) is 67.9 cm³/mol. The molecule has 0 bridgehead atoms. The lowest BCUT2D eigenvalue weighted by atomic mass is 10.0. The number of likely N-dealkylation sites (N-methyl/N-ethyl adjacent to an activating group) is 1. The zero-order valence-corrected chi connectivity index (χ0v) is 11.3. The van der Waals surface area contributed by atoms with Gasteiger partial charge in [0, 0.05) is 19.6 Å². The van der Waals surface area contributed by atoms with Gasteiger partial charge in [-0.15, -0.1) is 0 Å². The maximum absolute atomic E-state index is 5.85. The van der Waals surface area contributed by atoms with E-state index in [1.165, 1.54) is 6.42 Å². The van der Waals surface area contributed by atoms with E-state index in [1.807, 2.05) is 0 Å². The highest BCUT2D eigenvalue weighted by molar-refractivity contribution is 4.90. The third-order valence-corrected chi connectivity index (χ3v) is 3.07. The Kier molecular flexibility index (Phi) is 5.69. The summed E-state index contributed by atoms with van der Waals surface area (Å²) in [5.41, 5.74) is 0.102. The summed E-state index contributed by atoms with van der Waals surface area (Å²) in [6, 6.07) is 0. The van der Waals surface area contributed by atoms with Crippen LogP contribution in [-0.4, -0.2) is 75.9 Å². The smallest absolute Gasteiger partial charge is 0.0902 e. The lowest BCUT2D eigenvalue weighted by Crippen LogP contribution is -2.59. The molecule has 1 rings (SSSR count). The number of nitrogens with one attached hydrogen (secondary N) is 1. The van der Waals surface area contributed by atoms with Crippen LogP contribution in [0.5, 0.6) is 0 Å². The summed E-state index contributed by atoms with van der Waals surface area (Å²) >= 11 is 0. The van der Waals surface area contributed by atoms with Gasteiger partial charge in [-0.2, -0.15) is 0 Å². The van der Waals surface area contributed by atoms with E-state index < -0.39 is 0 Å². The Morgan fingerprint density at radius 3 is 2.31 bits per heavy atom. The Morgan fingerprint density at radius 2 is 1.81 bits per heavy atom. The molecule has 0 aromatic carbocycles. The van der Waals surface area contributed by atoms with E-state index in [9.17, 15) is 0 Å². The van der Waals surface area contributed by atoms with E-state index in [4.69, 9.17) is 4.74 Å². The molecule has 1 aliphatic heterocycles. The molecule has 1 aliphatic rings. The largest absolute Gasteiger partial charge is 0.371 e. The van der Waals surface area contributed by atoms with Gasteiger partial charge in [-0.1, -0.05) is 0 Å². The van der Waals surface area contributed by atoms with Gasteiger partial charge in [-0.3, -0.25) is 0 Å². The average molecular weight is 229 g/mol. The van der Waals surface area contributed by atoms with Crippen LogP contribution < -0.4 is 5.32 Å². The van der Waals surface area contributed by atoms with E-state index in [-0.39, 0.29) is 5.60 Å². The summed E-state index contributed by atoms with van der Waals surface area (Å²) in [6.45, 7) is 8.35. The molecular formula is C12H27N3O. The fourth-order valence-electron chi connectivity index (χ4n) is 1.80. The SMILES string of the molecule is CN(C)CCCN(C)CCOC1(C)CNC1. The highest BCUT2D eigenvalue weighted by atomic mass is 16.5. The molecule has 1 saturated heterocycles. The number of rotatable bonds is 8. The topological polar surface area (TPSA) is 27.7 Å². The van der Waals surface area contributed by atoms with E-state index >= 15 is 0 Å². The normalized spacial score (nSPS) is 19.1. The second-order valence-corrected chi connectivity index (χ2v) is 5.36. The van der Waals surface area contributed by atoms with Gasteiger partial charge in [-0.25, -0.2) is 0 Å². The second kappa shape index (κ2) is 6.55. The van der Waals surface area contributed by atoms with Gasteiger partial charge in [0.2, 0.25) is 0 Å². The number of hydrogen-bond acceptors (Lipinski definition) is 4. The fourth-order valence-corrected chi connectivity index (χ4v) is 1.80. The first-order chi connectivity index (χ1) is 7.52. The average Bonchev–Trinajstić information content (AvgIpc) is 2.14. The summed E-state index contributed by atoms with van der Waals surface area (Å²) < 4.78 is 5.85. The highest BCUT2D eigenvalue weighted by Crippen LogP contribution is 2.14. The third-order valence-electron chi connectivity index (χ3n) is 3.07. The molecule has 0 radical (unpaired) electrons. The van der Waals surface area contributed by atoms with E-state index in [1.54, 1.807) is 0 Å². The zero-order chi connectivity index (χ0) is 12.0. The van der Waals surface area contributed by atoms with Crippen LogP contribution >= 0.6 is 0 Å². The molecule has 0 atom stereocenters. The summed E-state index contributed by atoms with van der Waals surface area (Å²) in [5, 5.41) is 3.24. The summed E-state index contributed by atoms with van der Waals surface area (Å²) in [4.78, 5) is 4.57. The third kappa shape index (κ3) is 5.25. The van der Waals surface area contributed by atoms with Gasteiger partial charge in [-0.05, 0) is 47.6 Å². The molecule has 16 heavy (non-hydrogen) atoms. The Labute approximate surface area is 99.9 Å². The first kappa shape index (κ1) is 13.9. The molecule has 0 aromatic heterocycles. The molecule has 0 aromatic rings. The molecule has 1 N–H and O–H groups in total. The van der Waals surface area contributed by atoms with Gasteiger partial charge < -0.3 is 19.9 Å². The molecule has 0 spiro atoms. The zero-order valence-electron chi connectivity index (χ0n) is 11.3. The minimum absolute atomic E-state index is 0.102. The van der Waals surface area contributed by atoms with Gasteiger partial charge in [0.15, 0.2) is 0 Å². The molecule has 1 fully saturated rings. The lowest BCUT2D eigenvalue weighted by molar-refractivity contribution is -0.0709. The van der Waals surface area contributed by atoms with Crippen molar-refractivity contribution in [2.45, 2.75) is 18.9 Å². The maximum atomic E-state index is 5.85. The van der Waals surface area contributed by atoms with Crippen molar-refractivity contribution in [1.29, 1.82) is 0 Å². The van der Waals surface area contributed by atoms with Crippen LogP contribution in [0.4, 0.5) is 0 Å². The molecule has 0 saturated carbocycles. The molecule has 0 aliphatic carbocycles. The monoisotopic (exact) mass is 229 g/mol. The Balaban J connectivity index is 1.95. The molecule has 4 heteroatoms. The van der Waals surface area contributed by atoms with Crippen molar-refractivity contribution in [3.8, 4) is 0 Å². The van der Waals surface area contributed by atoms with Crippen molar-refractivity contribution in [2.75, 3.05) is 60.5 Å². The maximum Gasteiger partial charge on any atom is 0.0902 e. The van der Waals surface area contributed by atoms with Gasteiger partial charge in [0.05, 0.1) is 12.2 Å². The summed E-state index contributed by atoms with van der Waals surface area (Å²) in [7, 11) is 6.40. The number of hydrogen-bond donors (Lipinski definition) is 1. The minimum atomic E-state index is 0.102. The summed E-state index contributed by atoms with van der Waals surface area (Å²) in [5.74, 6) is 0. The molecule has 0 unspecified atom stereocenters. The van der Waals surface area contributed by atoms with Crippen molar-refractivity contribution in [1.82, 2.24) is 15.1 Å². The quantitative estimate of drug-likeness (QED) is 0.646. The van der Waals surface area contributed by atoms with Gasteiger partial charge >= 0.3 is 0 Å². The Hall–Kier alpha value is -0.160. The predicted octanol–water partition coefficient (Wildman–Crippen LogP) is 0.248. The molecule has 0 amide bonds. The van der Waals surface area contributed by atoms with Crippen molar-refractivity contribution in [2.24, 2.45) is 0 Å². The molecular weight excluding hydrogens is 202 g/mol. The molecule has 1 heterocycles. The van der Waals surface area contributed by atoms with E-state index in [0.29, 0.717) is 0 Å². The molecule has 96 valence electrons. The van der Waals surface area contributed by atoms with E-state index in [2.05, 4.69) is 43.2 Å². The van der Waals surface area contributed by atoms with Crippen molar-refractivity contribution in [3.63, 3.8) is 0 Å². The number of ether oxygens (including phenoxy) is 1. The minimum Gasteiger partial charge on any atom is -0.371 e. The van der Waals surface area contributed by atoms with Crippen molar-refractivity contribution >= 4 is 0 Å². The van der Waals surface area contributed by atoms with Crippen LogP contribution in [0.1, 0.15) is 13.3 Å². The van der Waals surface area contributed by atoms with Crippen molar-refractivity contribution < 1.29 is 4.74 Å². The fraction of sp³-hybridized carbons (Fsp3) is 1.00. The molecule has 4 nitrogen and oxygen atoms in total. The number of nitrogens with zero attached hydrogens (tertiary/aromatic N) is 2. The lowest BCUT2D eigenvalue weighted by Gasteiger charge is -2.39. The van der Waals surface area contributed by atoms with Crippen LogP contribution in [0, 0.1) is 0 Å². The van der Waals surface area contributed by atoms with Crippen LogP contribution in [0.25, 0.3) is 0 Å².